The first-order valence-corrected chi connectivity index (χ1v) is 5.68. The lowest BCUT2D eigenvalue weighted by atomic mass is 10.1. The molecule has 0 saturated heterocycles. The number of benzene rings is 1. The third-order valence-corrected chi connectivity index (χ3v) is 2.84. The van der Waals surface area contributed by atoms with Crippen molar-refractivity contribution in [1.29, 1.82) is 0 Å². The maximum absolute atomic E-state index is 4.34. The molecule has 14 heavy (non-hydrogen) atoms. The van der Waals surface area contributed by atoms with Gasteiger partial charge in [-0.25, -0.2) is 0 Å². The van der Waals surface area contributed by atoms with Crippen molar-refractivity contribution in [2.45, 2.75) is 4.90 Å². The highest BCUT2D eigenvalue weighted by Gasteiger charge is 2.02. The van der Waals surface area contributed by atoms with Gasteiger partial charge in [-0.3, -0.25) is 4.98 Å². The molecule has 0 aliphatic carbocycles. The molecule has 0 bridgehead atoms. The highest BCUT2D eigenvalue weighted by atomic mass is 32.2. The zero-order valence-corrected chi connectivity index (χ0v) is 8.79. The number of pyridine rings is 1. The van der Waals surface area contributed by atoms with Crippen molar-refractivity contribution in [1.82, 2.24) is 4.98 Å². The average Bonchev–Trinajstić information content (AvgIpc) is 2.30. The first-order valence-electron chi connectivity index (χ1n) is 4.46. The van der Waals surface area contributed by atoms with Gasteiger partial charge in [-0.1, -0.05) is 24.3 Å². The largest absolute Gasteiger partial charge is 0.256 e. The Hall–Kier alpha value is -1.28. The molecule has 0 saturated carbocycles. The number of nitrogens with zero attached hydrogens (tertiary/aromatic N) is 1. The summed E-state index contributed by atoms with van der Waals surface area (Å²) in [5.41, 5.74) is 2.25. The predicted octanol–water partition coefficient (Wildman–Crippen LogP) is 3.47. The van der Waals surface area contributed by atoms with E-state index in [4.69, 9.17) is 0 Å². The maximum atomic E-state index is 4.34. The quantitative estimate of drug-likeness (QED) is 0.690. The van der Waals surface area contributed by atoms with Crippen LogP contribution in [0.3, 0.4) is 0 Å². The number of aromatic nitrogens is 1. The molecule has 1 aromatic carbocycles. The summed E-state index contributed by atoms with van der Waals surface area (Å²) >= 11 is 1.75. The van der Waals surface area contributed by atoms with Crippen LogP contribution in [0.1, 0.15) is 0 Å². The number of thioether (sulfide) groups is 1. The molecule has 0 N–H and O–H groups in total. The summed E-state index contributed by atoms with van der Waals surface area (Å²) in [5.74, 6) is 0. The molecule has 0 radical (unpaired) electrons. The first kappa shape index (κ1) is 9.28. The predicted molar refractivity (Wildman–Crippen MR) is 61.5 cm³/mol. The smallest absolute Gasteiger partial charge is 0.0713 e. The second-order valence-corrected chi connectivity index (χ2v) is 3.76. The van der Waals surface area contributed by atoms with Crippen molar-refractivity contribution < 1.29 is 0 Å². The zero-order valence-electron chi connectivity index (χ0n) is 7.97. The number of hydrogen-bond donors (Lipinski definition) is 0. The van der Waals surface area contributed by atoms with Crippen LogP contribution in [0.4, 0.5) is 0 Å². The molecule has 1 aromatic heterocycles. The van der Waals surface area contributed by atoms with Gasteiger partial charge in [-0.05, 0) is 24.5 Å². The Kier molecular flexibility index (Phi) is 2.84. The number of rotatable bonds is 2. The SMILES string of the molecule is CSc1ccccc1-c1ccccn1. The van der Waals surface area contributed by atoms with E-state index in [0.29, 0.717) is 0 Å². The molecule has 70 valence electrons. The highest BCUT2D eigenvalue weighted by molar-refractivity contribution is 7.98. The van der Waals surface area contributed by atoms with Crippen LogP contribution in [0.15, 0.2) is 53.6 Å². The normalized spacial score (nSPS) is 10.1. The van der Waals surface area contributed by atoms with E-state index in [-0.39, 0.29) is 0 Å². The van der Waals surface area contributed by atoms with Gasteiger partial charge in [0.25, 0.3) is 0 Å². The van der Waals surface area contributed by atoms with Crippen LogP contribution in [0, 0.1) is 0 Å². The van der Waals surface area contributed by atoms with Gasteiger partial charge in [0, 0.05) is 16.7 Å². The lowest BCUT2D eigenvalue weighted by Gasteiger charge is -2.05. The van der Waals surface area contributed by atoms with E-state index in [1.165, 1.54) is 10.5 Å². The fourth-order valence-corrected chi connectivity index (χ4v) is 1.99. The molecule has 0 amide bonds. The molecule has 0 unspecified atom stereocenters. The summed E-state index contributed by atoms with van der Waals surface area (Å²) in [7, 11) is 0. The summed E-state index contributed by atoms with van der Waals surface area (Å²) in [5, 5.41) is 0. The minimum absolute atomic E-state index is 1.04. The Morgan fingerprint density at radius 1 is 1.00 bits per heavy atom. The van der Waals surface area contributed by atoms with Crippen LogP contribution in [-0.4, -0.2) is 11.2 Å². The fourth-order valence-electron chi connectivity index (χ4n) is 1.38. The fraction of sp³-hybridized carbons (Fsp3) is 0.0833. The van der Waals surface area contributed by atoms with Gasteiger partial charge in [0.15, 0.2) is 0 Å². The van der Waals surface area contributed by atoms with Gasteiger partial charge in [-0.2, -0.15) is 0 Å². The minimum atomic E-state index is 1.04. The van der Waals surface area contributed by atoms with Gasteiger partial charge in [0.05, 0.1) is 5.69 Å². The molecule has 0 fully saturated rings. The monoisotopic (exact) mass is 201 g/mol. The van der Waals surface area contributed by atoms with E-state index < -0.39 is 0 Å². The maximum Gasteiger partial charge on any atom is 0.0713 e. The molecule has 0 atom stereocenters. The van der Waals surface area contributed by atoms with Gasteiger partial charge < -0.3 is 0 Å². The molecule has 2 rings (SSSR count). The van der Waals surface area contributed by atoms with Crippen molar-refractivity contribution in [2.24, 2.45) is 0 Å². The van der Waals surface area contributed by atoms with Crippen LogP contribution < -0.4 is 0 Å². The number of hydrogen-bond acceptors (Lipinski definition) is 2. The lowest BCUT2D eigenvalue weighted by Crippen LogP contribution is -1.84. The Labute approximate surface area is 88.2 Å². The van der Waals surface area contributed by atoms with E-state index >= 15 is 0 Å². The molecule has 0 aliphatic rings. The Bertz CT molecular complexity index is 412. The Morgan fingerprint density at radius 3 is 2.50 bits per heavy atom. The minimum Gasteiger partial charge on any atom is -0.256 e. The highest BCUT2D eigenvalue weighted by Crippen LogP contribution is 2.27. The standard InChI is InChI=1S/C12H11NS/c1-14-12-8-3-2-6-10(12)11-7-4-5-9-13-11/h2-9H,1H3. The molecule has 0 spiro atoms. The van der Waals surface area contributed by atoms with Crippen LogP contribution in [-0.2, 0) is 0 Å². The van der Waals surface area contributed by atoms with E-state index in [1.807, 2.05) is 30.5 Å². The molecule has 2 heteroatoms. The third-order valence-electron chi connectivity index (χ3n) is 2.05. The van der Waals surface area contributed by atoms with Crippen molar-refractivity contribution >= 4 is 11.8 Å². The van der Waals surface area contributed by atoms with E-state index in [9.17, 15) is 0 Å². The van der Waals surface area contributed by atoms with Gasteiger partial charge in [-0.15, -0.1) is 11.8 Å². The second kappa shape index (κ2) is 4.29. The van der Waals surface area contributed by atoms with Crippen LogP contribution in [0.25, 0.3) is 11.3 Å². The topological polar surface area (TPSA) is 12.9 Å². The summed E-state index contributed by atoms with van der Waals surface area (Å²) in [6.45, 7) is 0. The third kappa shape index (κ3) is 1.80. The first-order chi connectivity index (χ1) is 6.92. The average molecular weight is 201 g/mol. The van der Waals surface area contributed by atoms with E-state index in [0.717, 1.165) is 5.69 Å². The summed E-state index contributed by atoms with van der Waals surface area (Å²) in [6, 6.07) is 14.3. The van der Waals surface area contributed by atoms with E-state index in [2.05, 4.69) is 29.4 Å². The molecular formula is C12H11NS. The van der Waals surface area contributed by atoms with Gasteiger partial charge >= 0.3 is 0 Å². The van der Waals surface area contributed by atoms with Gasteiger partial charge in [0.2, 0.25) is 0 Å². The Morgan fingerprint density at radius 2 is 1.79 bits per heavy atom. The van der Waals surface area contributed by atoms with Crippen LogP contribution in [0.2, 0.25) is 0 Å². The van der Waals surface area contributed by atoms with Crippen LogP contribution in [0.5, 0.6) is 0 Å². The van der Waals surface area contributed by atoms with Crippen molar-refractivity contribution in [2.75, 3.05) is 6.26 Å². The van der Waals surface area contributed by atoms with Gasteiger partial charge in [0.1, 0.15) is 0 Å². The summed E-state index contributed by atoms with van der Waals surface area (Å²) in [4.78, 5) is 5.61. The Balaban J connectivity index is 2.51. The molecule has 0 aliphatic heterocycles. The molecule has 1 nitrogen and oxygen atoms in total. The summed E-state index contributed by atoms with van der Waals surface area (Å²) in [6.07, 6.45) is 3.91. The van der Waals surface area contributed by atoms with Crippen molar-refractivity contribution in [3.05, 3.63) is 48.7 Å². The lowest BCUT2D eigenvalue weighted by molar-refractivity contribution is 1.29. The molecule has 2 aromatic rings. The van der Waals surface area contributed by atoms with Crippen molar-refractivity contribution in [3.8, 4) is 11.3 Å². The summed E-state index contributed by atoms with van der Waals surface area (Å²) < 4.78 is 0. The van der Waals surface area contributed by atoms with Crippen molar-refractivity contribution in [3.63, 3.8) is 0 Å². The zero-order chi connectivity index (χ0) is 9.80. The molecular weight excluding hydrogens is 190 g/mol. The second-order valence-electron chi connectivity index (χ2n) is 2.92. The van der Waals surface area contributed by atoms with Crippen LogP contribution >= 0.6 is 11.8 Å². The molecule has 1 heterocycles. The van der Waals surface area contributed by atoms with E-state index in [1.54, 1.807) is 11.8 Å².